The molecule has 2 amide bonds. The number of aromatic nitrogens is 3. The molecule has 35 heavy (non-hydrogen) atoms. The zero-order valence-corrected chi connectivity index (χ0v) is 20.1. The SMILES string of the molecule is Cc1cc(OCC(=O)N2C[C@H]3CN(C(=O)c4ccc5n[nH]nc5c4)C[C@@H]3C2)c(C(C)C)cc1C#N. The number of amides is 2. The van der Waals surface area contributed by atoms with Crippen LogP contribution < -0.4 is 4.74 Å². The molecule has 1 aromatic heterocycles. The highest BCUT2D eigenvalue weighted by Crippen LogP contribution is 2.33. The Hall–Kier alpha value is -3.93. The van der Waals surface area contributed by atoms with Crippen molar-refractivity contribution in [3.63, 3.8) is 0 Å². The Morgan fingerprint density at radius 1 is 1.09 bits per heavy atom. The molecule has 9 nitrogen and oxygen atoms in total. The molecule has 180 valence electrons. The van der Waals surface area contributed by atoms with Gasteiger partial charge in [-0.15, -0.1) is 0 Å². The van der Waals surface area contributed by atoms with Crippen molar-refractivity contribution in [2.75, 3.05) is 32.8 Å². The van der Waals surface area contributed by atoms with Crippen LogP contribution in [0.3, 0.4) is 0 Å². The van der Waals surface area contributed by atoms with E-state index in [2.05, 4.69) is 21.5 Å². The first-order valence-corrected chi connectivity index (χ1v) is 11.9. The maximum absolute atomic E-state index is 13.0. The molecule has 2 aliphatic rings. The van der Waals surface area contributed by atoms with E-state index in [1.807, 2.05) is 42.7 Å². The fourth-order valence-corrected chi connectivity index (χ4v) is 5.14. The molecule has 0 unspecified atom stereocenters. The Kier molecular flexibility index (Phi) is 5.89. The number of carbonyl (C=O) groups is 2. The second-order valence-corrected chi connectivity index (χ2v) is 9.82. The van der Waals surface area contributed by atoms with Gasteiger partial charge >= 0.3 is 0 Å². The smallest absolute Gasteiger partial charge is 0.260 e. The molecule has 2 atom stereocenters. The molecule has 2 saturated heterocycles. The average Bonchev–Trinajstić information content (AvgIpc) is 3.56. The van der Waals surface area contributed by atoms with Gasteiger partial charge in [0.15, 0.2) is 6.61 Å². The minimum absolute atomic E-state index is 0.0112. The summed E-state index contributed by atoms with van der Waals surface area (Å²) in [7, 11) is 0. The number of hydrogen-bond donors (Lipinski definition) is 1. The number of nitrogens with zero attached hydrogens (tertiary/aromatic N) is 5. The highest BCUT2D eigenvalue weighted by atomic mass is 16.5. The van der Waals surface area contributed by atoms with Crippen molar-refractivity contribution in [1.82, 2.24) is 25.2 Å². The molecule has 0 aliphatic carbocycles. The second-order valence-electron chi connectivity index (χ2n) is 9.82. The van der Waals surface area contributed by atoms with E-state index >= 15 is 0 Å². The van der Waals surface area contributed by atoms with Gasteiger partial charge in [-0.1, -0.05) is 13.8 Å². The standard InChI is InChI=1S/C26H28N6O3/c1-15(2)21-7-18(9-27)16(3)6-24(21)35-14-25(33)31-10-19-12-32(13-20(19)11-31)26(34)17-4-5-22-23(8-17)29-30-28-22/h4-8,15,19-20H,10-14H2,1-3H3,(H,28,29,30)/t19-,20-/m0/s1. The third kappa shape index (κ3) is 4.32. The van der Waals surface area contributed by atoms with E-state index in [0.717, 1.165) is 16.6 Å². The fourth-order valence-electron chi connectivity index (χ4n) is 5.14. The maximum atomic E-state index is 13.0. The van der Waals surface area contributed by atoms with E-state index in [4.69, 9.17) is 4.74 Å². The van der Waals surface area contributed by atoms with E-state index in [1.165, 1.54) is 0 Å². The largest absolute Gasteiger partial charge is 0.483 e. The summed E-state index contributed by atoms with van der Waals surface area (Å²) in [6, 6.07) is 11.3. The molecule has 0 saturated carbocycles. The number of H-pyrrole nitrogens is 1. The predicted octanol–water partition coefficient (Wildman–Crippen LogP) is 2.87. The lowest BCUT2D eigenvalue weighted by molar-refractivity contribution is -0.132. The highest BCUT2D eigenvalue weighted by molar-refractivity contribution is 5.97. The van der Waals surface area contributed by atoms with Crippen molar-refractivity contribution >= 4 is 22.8 Å². The molecule has 9 heteroatoms. The van der Waals surface area contributed by atoms with Gasteiger partial charge in [0.05, 0.1) is 11.6 Å². The van der Waals surface area contributed by atoms with Crippen LogP contribution in [0.1, 0.15) is 46.8 Å². The molecule has 2 aliphatic heterocycles. The molecular formula is C26H28N6O3. The highest BCUT2D eigenvalue weighted by Gasteiger charge is 2.43. The molecule has 0 radical (unpaired) electrons. The summed E-state index contributed by atoms with van der Waals surface area (Å²) in [4.78, 5) is 29.7. The van der Waals surface area contributed by atoms with E-state index in [9.17, 15) is 14.9 Å². The first-order chi connectivity index (χ1) is 16.8. The van der Waals surface area contributed by atoms with Crippen LogP contribution in [0.2, 0.25) is 0 Å². The molecule has 3 aromatic rings. The lowest BCUT2D eigenvalue weighted by Gasteiger charge is -2.22. The average molecular weight is 473 g/mol. The Balaban J connectivity index is 1.18. The van der Waals surface area contributed by atoms with Crippen molar-refractivity contribution in [2.24, 2.45) is 11.8 Å². The first kappa shape index (κ1) is 22.8. The minimum Gasteiger partial charge on any atom is -0.483 e. The predicted molar refractivity (Wildman–Crippen MR) is 129 cm³/mol. The van der Waals surface area contributed by atoms with Gasteiger partial charge in [-0.2, -0.15) is 20.7 Å². The van der Waals surface area contributed by atoms with Crippen molar-refractivity contribution in [3.8, 4) is 11.8 Å². The third-order valence-electron chi connectivity index (χ3n) is 7.14. The number of ether oxygens (including phenoxy) is 1. The molecular weight excluding hydrogens is 444 g/mol. The zero-order valence-electron chi connectivity index (χ0n) is 20.1. The molecule has 5 rings (SSSR count). The summed E-state index contributed by atoms with van der Waals surface area (Å²) in [6.45, 7) is 8.44. The number of aromatic amines is 1. The van der Waals surface area contributed by atoms with Crippen molar-refractivity contribution in [2.45, 2.75) is 26.7 Å². The third-order valence-corrected chi connectivity index (χ3v) is 7.14. The van der Waals surface area contributed by atoms with Crippen LogP contribution in [0, 0.1) is 30.1 Å². The number of likely N-dealkylation sites (tertiary alicyclic amines) is 2. The number of fused-ring (bicyclic) bond motifs is 2. The van der Waals surface area contributed by atoms with Gasteiger partial charge in [0.25, 0.3) is 11.8 Å². The normalized spacial score (nSPS) is 19.3. The number of aryl methyl sites for hydroxylation is 1. The van der Waals surface area contributed by atoms with Crippen LogP contribution in [-0.4, -0.2) is 69.8 Å². The molecule has 1 N–H and O–H groups in total. The lowest BCUT2D eigenvalue weighted by Crippen LogP contribution is -2.37. The summed E-state index contributed by atoms with van der Waals surface area (Å²) >= 11 is 0. The Morgan fingerprint density at radius 2 is 1.77 bits per heavy atom. The number of hydrogen-bond acceptors (Lipinski definition) is 6. The lowest BCUT2D eigenvalue weighted by atomic mass is 9.97. The monoisotopic (exact) mass is 472 g/mol. The molecule has 0 spiro atoms. The van der Waals surface area contributed by atoms with Crippen LogP contribution in [-0.2, 0) is 4.79 Å². The quantitative estimate of drug-likeness (QED) is 0.611. The Bertz CT molecular complexity index is 1330. The van der Waals surface area contributed by atoms with E-state index in [-0.39, 0.29) is 36.2 Å². The second kappa shape index (κ2) is 9.02. The van der Waals surface area contributed by atoms with Crippen LogP contribution >= 0.6 is 0 Å². The summed E-state index contributed by atoms with van der Waals surface area (Å²) in [5.74, 6) is 1.30. The first-order valence-electron chi connectivity index (χ1n) is 11.9. The molecule has 3 heterocycles. The number of nitriles is 1. The summed E-state index contributed by atoms with van der Waals surface area (Å²) < 4.78 is 5.94. The maximum Gasteiger partial charge on any atom is 0.260 e. The summed E-state index contributed by atoms with van der Waals surface area (Å²) in [5.41, 5.74) is 4.39. The number of rotatable bonds is 5. The van der Waals surface area contributed by atoms with Crippen molar-refractivity contribution in [3.05, 3.63) is 52.6 Å². The van der Waals surface area contributed by atoms with Crippen molar-refractivity contribution < 1.29 is 14.3 Å². The summed E-state index contributed by atoms with van der Waals surface area (Å²) in [6.07, 6.45) is 0. The van der Waals surface area contributed by atoms with E-state index < -0.39 is 0 Å². The van der Waals surface area contributed by atoms with Gasteiger partial charge < -0.3 is 14.5 Å². The fraction of sp³-hybridized carbons (Fsp3) is 0.423. The number of benzene rings is 2. The van der Waals surface area contributed by atoms with Gasteiger partial charge in [-0.05, 0) is 54.3 Å². The zero-order chi connectivity index (χ0) is 24.7. The summed E-state index contributed by atoms with van der Waals surface area (Å²) in [5, 5.41) is 20.0. The number of carbonyl (C=O) groups excluding carboxylic acids is 2. The van der Waals surface area contributed by atoms with Crippen LogP contribution in [0.15, 0.2) is 30.3 Å². The Morgan fingerprint density at radius 3 is 2.46 bits per heavy atom. The minimum atomic E-state index is -0.0505. The van der Waals surface area contributed by atoms with Crippen LogP contribution in [0.5, 0.6) is 5.75 Å². The van der Waals surface area contributed by atoms with Gasteiger partial charge in [0.1, 0.15) is 16.8 Å². The van der Waals surface area contributed by atoms with Crippen LogP contribution in [0.4, 0.5) is 0 Å². The molecule has 2 aromatic carbocycles. The van der Waals surface area contributed by atoms with Gasteiger partial charge in [0.2, 0.25) is 0 Å². The van der Waals surface area contributed by atoms with Gasteiger partial charge in [0, 0.05) is 43.6 Å². The van der Waals surface area contributed by atoms with Gasteiger partial charge in [-0.3, -0.25) is 9.59 Å². The van der Waals surface area contributed by atoms with E-state index in [1.54, 1.807) is 18.2 Å². The Labute approximate surface area is 203 Å². The topological polar surface area (TPSA) is 115 Å². The molecule has 0 bridgehead atoms. The van der Waals surface area contributed by atoms with Gasteiger partial charge in [-0.25, -0.2) is 0 Å². The van der Waals surface area contributed by atoms with Crippen LogP contribution in [0.25, 0.3) is 11.0 Å². The molecule has 2 fully saturated rings. The number of nitrogens with one attached hydrogen (secondary N) is 1. The van der Waals surface area contributed by atoms with Crippen molar-refractivity contribution in [1.29, 1.82) is 5.26 Å². The van der Waals surface area contributed by atoms with E-state index in [0.29, 0.717) is 48.6 Å².